The van der Waals surface area contributed by atoms with Gasteiger partial charge in [0.25, 0.3) is 5.91 Å². The molecule has 2 rings (SSSR count). The van der Waals surface area contributed by atoms with E-state index in [1.54, 1.807) is 0 Å². The van der Waals surface area contributed by atoms with Gasteiger partial charge in [0.1, 0.15) is 11.6 Å². The minimum atomic E-state index is -0.358. The summed E-state index contributed by atoms with van der Waals surface area (Å²) in [5.41, 5.74) is 0. The molecule has 5 nitrogen and oxygen atoms in total. The second-order valence-electron chi connectivity index (χ2n) is 4.26. The van der Waals surface area contributed by atoms with Gasteiger partial charge in [0.15, 0.2) is 6.61 Å². The molecule has 0 aliphatic carbocycles. The number of benzene rings is 1. The molecule has 6 heteroatoms. The lowest BCUT2D eigenvalue weighted by Gasteiger charge is -2.19. The van der Waals surface area contributed by atoms with Crippen LogP contribution in [0.2, 0.25) is 0 Å². The average Bonchev–Trinajstić information content (AvgIpc) is 2.62. The molecule has 1 aliphatic heterocycles. The van der Waals surface area contributed by atoms with Crippen molar-refractivity contribution in [3.8, 4) is 5.75 Å². The highest BCUT2D eigenvalue weighted by atomic mass is 19.1. The number of carbonyl (C=O) groups is 2. The van der Waals surface area contributed by atoms with Crippen LogP contribution in [0.1, 0.15) is 6.42 Å². The minimum absolute atomic E-state index is 0.0611. The molecular weight excluding hydrogens is 251 g/mol. The number of hydrogen-bond donors (Lipinski definition) is 1. The Balaban J connectivity index is 1.86. The lowest BCUT2D eigenvalue weighted by Crippen LogP contribution is -2.39. The molecule has 1 aromatic carbocycles. The van der Waals surface area contributed by atoms with E-state index in [1.807, 2.05) is 0 Å². The highest BCUT2D eigenvalue weighted by Gasteiger charge is 2.19. The first-order valence-corrected chi connectivity index (χ1v) is 6.08. The minimum Gasteiger partial charge on any atom is -0.484 e. The molecule has 0 aromatic heterocycles. The zero-order valence-electron chi connectivity index (χ0n) is 10.4. The van der Waals surface area contributed by atoms with Gasteiger partial charge in [-0.15, -0.1) is 0 Å². The van der Waals surface area contributed by atoms with Gasteiger partial charge in [0, 0.05) is 13.1 Å². The molecule has 0 atom stereocenters. The molecule has 1 aromatic rings. The number of nitrogens with zero attached hydrogens (tertiary/aromatic N) is 1. The molecule has 0 bridgehead atoms. The first-order chi connectivity index (χ1) is 9.15. The lowest BCUT2D eigenvalue weighted by molar-refractivity contribution is -0.136. The number of rotatable bonds is 3. The van der Waals surface area contributed by atoms with E-state index < -0.39 is 0 Å². The predicted octanol–water partition coefficient (Wildman–Crippen LogP) is 0.553. The quantitative estimate of drug-likeness (QED) is 0.869. The second-order valence-corrected chi connectivity index (χ2v) is 4.26. The highest BCUT2D eigenvalue weighted by Crippen LogP contribution is 2.11. The Morgan fingerprint density at radius 3 is 2.84 bits per heavy atom. The van der Waals surface area contributed by atoms with Gasteiger partial charge in [0.05, 0.1) is 6.54 Å². The van der Waals surface area contributed by atoms with Crippen molar-refractivity contribution >= 4 is 11.8 Å². The van der Waals surface area contributed by atoms with E-state index in [0.717, 1.165) is 6.42 Å². The average molecular weight is 266 g/mol. The van der Waals surface area contributed by atoms with Crippen molar-refractivity contribution in [2.45, 2.75) is 6.42 Å². The number of hydrogen-bond acceptors (Lipinski definition) is 3. The summed E-state index contributed by atoms with van der Waals surface area (Å²) >= 11 is 0. The molecule has 1 aliphatic rings. The van der Waals surface area contributed by atoms with Crippen LogP contribution in [-0.2, 0) is 9.59 Å². The lowest BCUT2D eigenvalue weighted by atomic mass is 10.3. The fourth-order valence-electron chi connectivity index (χ4n) is 1.79. The summed E-state index contributed by atoms with van der Waals surface area (Å²) in [5, 5.41) is 2.69. The summed E-state index contributed by atoms with van der Waals surface area (Å²) in [4.78, 5) is 24.7. The maximum atomic E-state index is 12.7. The van der Waals surface area contributed by atoms with Crippen molar-refractivity contribution < 1.29 is 18.7 Å². The fraction of sp³-hybridized carbons (Fsp3) is 0.385. The number of nitrogens with one attached hydrogen (secondary N) is 1. The summed E-state index contributed by atoms with van der Waals surface area (Å²) in [6, 6.07) is 5.44. The molecule has 0 radical (unpaired) electrons. The van der Waals surface area contributed by atoms with Gasteiger partial charge in [-0.1, -0.05) is 0 Å². The van der Waals surface area contributed by atoms with E-state index in [1.165, 1.54) is 29.2 Å². The molecule has 1 N–H and O–H groups in total. The van der Waals surface area contributed by atoms with Crippen LogP contribution in [0.15, 0.2) is 24.3 Å². The van der Waals surface area contributed by atoms with E-state index >= 15 is 0 Å². The largest absolute Gasteiger partial charge is 0.484 e. The molecule has 1 heterocycles. The summed E-state index contributed by atoms with van der Waals surface area (Å²) in [5.74, 6) is -0.342. The van der Waals surface area contributed by atoms with Crippen LogP contribution in [0.4, 0.5) is 4.39 Å². The van der Waals surface area contributed by atoms with Gasteiger partial charge in [-0.3, -0.25) is 9.59 Å². The predicted molar refractivity (Wildman–Crippen MR) is 66.1 cm³/mol. The molecule has 0 spiro atoms. The Hall–Kier alpha value is -2.11. The number of amides is 2. The second kappa shape index (κ2) is 6.17. The summed E-state index contributed by atoms with van der Waals surface area (Å²) in [6.45, 7) is 1.02. The van der Waals surface area contributed by atoms with Crippen LogP contribution >= 0.6 is 0 Å². The third-order valence-corrected chi connectivity index (χ3v) is 2.79. The van der Waals surface area contributed by atoms with Crippen molar-refractivity contribution in [3.05, 3.63) is 30.1 Å². The molecule has 1 saturated heterocycles. The van der Waals surface area contributed by atoms with Crippen LogP contribution < -0.4 is 10.1 Å². The van der Waals surface area contributed by atoms with Crippen LogP contribution in [0.25, 0.3) is 0 Å². The van der Waals surface area contributed by atoms with Gasteiger partial charge in [0.2, 0.25) is 5.91 Å². The normalized spacial score (nSPS) is 15.6. The molecule has 1 fully saturated rings. The maximum Gasteiger partial charge on any atom is 0.260 e. The van der Waals surface area contributed by atoms with Crippen LogP contribution in [0, 0.1) is 5.82 Å². The van der Waals surface area contributed by atoms with E-state index in [0.29, 0.717) is 18.8 Å². The van der Waals surface area contributed by atoms with Crippen molar-refractivity contribution in [3.63, 3.8) is 0 Å². The molecule has 19 heavy (non-hydrogen) atoms. The standard InChI is InChI=1S/C13H15FN2O3/c14-10-2-4-11(5-3-10)19-9-13(18)16-7-1-6-15-12(17)8-16/h2-5H,1,6-9H2,(H,15,17). The number of halogens is 1. The van der Waals surface area contributed by atoms with E-state index in [4.69, 9.17) is 4.74 Å². The van der Waals surface area contributed by atoms with E-state index in [-0.39, 0.29) is 30.8 Å². The van der Waals surface area contributed by atoms with E-state index in [2.05, 4.69) is 5.32 Å². The van der Waals surface area contributed by atoms with Crippen LogP contribution in [0.3, 0.4) is 0 Å². The molecule has 0 saturated carbocycles. The third-order valence-electron chi connectivity index (χ3n) is 2.79. The zero-order valence-corrected chi connectivity index (χ0v) is 10.4. The highest BCUT2D eigenvalue weighted by molar-refractivity contribution is 5.85. The number of ether oxygens (including phenoxy) is 1. The van der Waals surface area contributed by atoms with Crippen molar-refractivity contribution in [2.75, 3.05) is 26.2 Å². The first kappa shape index (κ1) is 13.3. The molecular formula is C13H15FN2O3. The van der Waals surface area contributed by atoms with Gasteiger partial charge in [-0.25, -0.2) is 4.39 Å². The Morgan fingerprint density at radius 1 is 1.37 bits per heavy atom. The van der Waals surface area contributed by atoms with Crippen molar-refractivity contribution in [1.82, 2.24) is 10.2 Å². The monoisotopic (exact) mass is 266 g/mol. The Morgan fingerprint density at radius 2 is 2.11 bits per heavy atom. The molecule has 102 valence electrons. The number of carbonyl (C=O) groups excluding carboxylic acids is 2. The smallest absolute Gasteiger partial charge is 0.260 e. The molecule has 2 amide bonds. The summed E-state index contributed by atoms with van der Waals surface area (Å²) in [6.07, 6.45) is 0.730. The topological polar surface area (TPSA) is 58.6 Å². The Kier molecular flexibility index (Phi) is 4.33. The van der Waals surface area contributed by atoms with Crippen molar-refractivity contribution in [2.24, 2.45) is 0 Å². The Bertz CT molecular complexity index is 461. The summed E-state index contributed by atoms with van der Waals surface area (Å²) < 4.78 is 18.0. The van der Waals surface area contributed by atoms with Crippen molar-refractivity contribution in [1.29, 1.82) is 0 Å². The maximum absolute atomic E-state index is 12.7. The van der Waals surface area contributed by atoms with Crippen LogP contribution in [0.5, 0.6) is 5.75 Å². The Labute approximate surface area is 110 Å². The zero-order chi connectivity index (χ0) is 13.7. The van der Waals surface area contributed by atoms with Gasteiger partial charge in [-0.05, 0) is 30.7 Å². The van der Waals surface area contributed by atoms with Gasteiger partial charge >= 0.3 is 0 Å². The SMILES string of the molecule is O=C1CN(C(=O)COc2ccc(F)cc2)CCCN1. The van der Waals surface area contributed by atoms with Gasteiger partial charge in [-0.2, -0.15) is 0 Å². The first-order valence-electron chi connectivity index (χ1n) is 6.08. The fourth-order valence-corrected chi connectivity index (χ4v) is 1.79. The van der Waals surface area contributed by atoms with Gasteiger partial charge < -0.3 is 15.0 Å². The molecule has 0 unspecified atom stereocenters. The third kappa shape index (κ3) is 3.94. The van der Waals surface area contributed by atoms with E-state index in [9.17, 15) is 14.0 Å². The summed E-state index contributed by atoms with van der Waals surface area (Å²) in [7, 11) is 0. The van der Waals surface area contributed by atoms with Crippen LogP contribution in [-0.4, -0.2) is 43.0 Å².